The van der Waals surface area contributed by atoms with E-state index in [0.29, 0.717) is 30.3 Å². The van der Waals surface area contributed by atoms with E-state index in [0.717, 1.165) is 18.7 Å². The van der Waals surface area contributed by atoms with Crippen LogP contribution in [-0.2, 0) is 17.6 Å². The molecule has 1 aliphatic heterocycles. The summed E-state index contributed by atoms with van der Waals surface area (Å²) in [5.41, 5.74) is 2.87. The van der Waals surface area contributed by atoms with Gasteiger partial charge in [-0.1, -0.05) is 24.3 Å². The lowest BCUT2D eigenvalue weighted by atomic mass is 10.2. The Labute approximate surface area is 139 Å². The van der Waals surface area contributed by atoms with Gasteiger partial charge in [-0.25, -0.2) is 0 Å². The van der Waals surface area contributed by atoms with E-state index in [4.69, 9.17) is 4.42 Å². The highest BCUT2D eigenvalue weighted by molar-refractivity contribution is 5.95. The van der Waals surface area contributed by atoms with E-state index in [1.807, 2.05) is 41.3 Å². The molecule has 24 heavy (non-hydrogen) atoms. The molecule has 1 aromatic carbocycles. The van der Waals surface area contributed by atoms with Crippen molar-refractivity contribution in [1.29, 1.82) is 0 Å². The predicted octanol–water partition coefficient (Wildman–Crippen LogP) is 2.65. The normalized spacial score (nSPS) is 13.1. The molecule has 2 aromatic heterocycles. The number of hydrogen-bond acceptors (Lipinski definition) is 5. The van der Waals surface area contributed by atoms with E-state index in [2.05, 4.69) is 21.2 Å². The van der Waals surface area contributed by atoms with Gasteiger partial charge in [0.1, 0.15) is 5.69 Å². The minimum absolute atomic E-state index is 0.0811. The maximum atomic E-state index is 12.5. The van der Waals surface area contributed by atoms with Crippen LogP contribution in [0.15, 0.2) is 53.1 Å². The Morgan fingerprint density at radius 3 is 2.88 bits per heavy atom. The molecule has 1 aliphatic rings. The van der Waals surface area contributed by atoms with Gasteiger partial charge in [0.2, 0.25) is 11.8 Å². The lowest BCUT2D eigenvalue weighted by Crippen LogP contribution is -2.29. The zero-order valence-electron chi connectivity index (χ0n) is 13.1. The molecule has 0 atom stereocenters. The largest absolute Gasteiger partial charge is 0.419 e. The molecule has 0 N–H and O–H groups in total. The average Bonchev–Trinajstić information content (AvgIpc) is 3.27. The van der Waals surface area contributed by atoms with Crippen molar-refractivity contribution in [3.8, 4) is 11.6 Å². The monoisotopic (exact) mass is 320 g/mol. The standard InChI is InChI=1S/C18H16N4O2/c23-17(22-12-10-13-5-1-2-7-15(13)22)9-8-16-20-21-18(24-16)14-6-3-4-11-19-14/h1-7,11H,8-10,12H2. The summed E-state index contributed by atoms with van der Waals surface area (Å²) < 4.78 is 5.60. The molecular weight excluding hydrogens is 304 g/mol. The van der Waals surface area contributed by atoms with Gasteiger partial charge < -0.3 is 9.32 Å². The van der Waals surface area contributed by atoms with Crippen LogP contribution in [0.25, 0.3) is 11.6 Å². The Balaban J connectivity index is 1.41. The van der Waals surface area contributed by atoms with Gasteiger partial charge in [-0.3, -0.25) is 9.78 Å². The number of para-hydroxylation sites is 1. The number of aryl methyl sites for hydroxylation is 1. The van der Waals surface area contributed by atoms with Crippen molar-refractivity contribution in [3.05, 3.63) is 60.1 Å². The first-order valence-corrected chi connectivity index (χ1v) is 7.93. The molecule has 120 valence electrons. The van der Waals surface area contributed by atoms with Gasteiger partial charge in [0.25, 0.3) is 5.89 Å². The molecule has 0 bridgehead atoms. The number of carbonyl (C=O) groups is 1. The molecule has 0 radical (unpaired) electrons. The van der Waals surface area contributed by atoms with Gasteiger partial charge in [-0.2, -0.15) is 0 Å². The van der Waals surface area contributed by atoms with E-state index >= 15 is 0 Å². The van der Waals surface area contributed by atoms with Crippen LogP contribution < -0.4 is 4.90 Å². The molecule has 4 rings (SSSR count). The van der Waals surface area contributed by atoms with Gasteiger partial charge in [0.15, 0.2) is 0 Å². The van der Waals surface area contributed by atoms with Crippen molar-refractivity contribution in [2.45, 2.75) is 19.3 Å². The third-order valence-corrected chi connectivity index (χ3v) is 4.09. The minimum atomic E-state index is 0.0811. The van der Waals surface area contributed by atoms with Crippen LogP contribution in [-0.4, -0.2) is 27.6 Å². The number of carbonyl (C=O) groups excluding carboxylic acids is 1. The molecule has 0 fully saturated rings. The Morgan fingerprint density at radius 2 is 2.00 bits per heavy atom. The maximum absolute atomic E-state index is 12.5. The number of anilines is 1. The fourth-order valence-electron chi connectivity index (χ4n) is 2.89. The molecule has 6 nitrogen and oxygen atoms in total. The van der Waals surface area contributed by atoms with Crippen LogP contribution in [0.2, 0.25) is 0 Å². The third-order valence-electron chi connectivity index (χ3n) is 4.09. The molecule has 0 unspecified atom stereocenters. The summed E-state index contributed by atoms with van der Waals surface area (Å²) in [7, 11) is 0. The maximum Gasteiger partial charge on any atom is 0.266 e. The van der Waals surface area contributed by atoms with Crippen LogP contribution in [0.1, 0.15) is 17.9 Å². The molecule has 3 heterocycles. The number of nitrogens with zero attached hydrogens (tertiary/aromatic N) is 4. The fourth-order valence-corrected chi connectivity index (χ4v) is 2.89. The van der Waals surface area contributed by atoms with E-state index < -0.39 is 0 Å². The lowest BCUT2D eigenvalue weighted by Gasteiger charge is -2.16. The molecule has 6 heteroatoms. The molecule has 0 saturated carbocycles. The predicted molar refractivity (Wildman–Crippen MR) is 88.3 cm³/mol. The summed E-state index contributed by atoms with van der Waals surface area (Å²) in [5.74, 6) is 0.915. The first-order valence-electron chi connectivity index (χ1n) is 7.93. The van der Waals surface area contributed by atoms with Crippen molar-refractivity contribution in [2.75, 3.05) is 11.4 Å². The molecular formula is C18H16N4O2. The summed E-state index contributed by atoms with van der Waals surface area (Å²) in [6.45, 7) is 0.737. The fraction of sp³-hybridized carbons (Fsp3) is 0.222. The molecule has 0 spiro atoms. The van der Waals surface area contributed by atoms with Crippen LogP contribution in [0.3, 0.4) is 0 Å². The van der Waals surface area contributed by atoms with Crippen LogP contribution in [0.4, 0.5) is 5.69 Å². The Morgan fingerprint density at radius 1 is 1.12 bits per heavy atom. The molecule has 1 amide bonds. The smallest absolute Gasteiger partial charge is 0.266 e. The Kier molecular flexibility index (Phi) is 3.78. The van der Waals surface area contributed by atoms with Crippen LogP contribution in [0.5, 0.6) is 0 Å². The van der Waals surface area contributed by atoms with Crippen LogP contribution in [0, 0.1) is 0 Å². The SMILES string of the molecule is O=C(CCc1nnc(-c2ccccn2)o1)N1CCc2ccccc21. The highest BCUT2D eigenvalue weighted by atomic mass is 16.4. The van der Waals surface area contributed by atoms with E-state index in [9.17, 15) is 4.79 Å². The first kappa shape index (κ1) is 14.6. The summed E-state index contributed by atoms with van der Waals surface area (Å²) in [6, 6.07) is 13.5. The van der Waals surface area contributed by atoms with Gasteiger partial charge in [0.05, 0.1) is 0 Å². The number of hydrogen-bond donors (Lipinski definition) is 0. The van der Waals surface area contributed by atoms with Crippen LogP contribution >= 0.6 is 0 Å². The molecule has 0 saturated heterocycles. The van der Waals surface area contributed by atoms with Gasteiger partial charge in [0, 0.05) is 31.3 Å². The van der Waals surface area contributed by atoms with E-state index in [1.165, 1.54) is 5.56 Å². The number of pyridine rings is 1. The minimum Gasteiger partial charge on any atom is -0.419 e. The van der Waals surface area contributed by atoms with Crippen molar-refractivity contribution in [2.24, 2.45) is 0 Å². The number of benzene rings is 1. The topological polar surface area (TPSA) is 72.1 Å². The zero-order valence-corrected chi connectivity index (χ0v) is 13.1. The van der Waals surface area contributed by atoms with E-state index in [1.54, 1.807) is 6.20 Å². The summed E-state index contributed by atoms with van der Waals surface area (Å²) in [4.78, 5) is 18.5. The van der Waals surface area contributed by atoms with Crippen molar-refractivity contribution >= 4 is 11.6 Å². The second kappa shape index (κ2) is 6.23. The van der Waals surface area contributed by atoms with Crippen molar-refractivity contribution < 1.29 is 9.21 Å². The molecule has 3 aromatic rings. The van der Waals surface area contributed by atoms with Gasteiger partial charge in [-0.15, -0.1) is 10.2 Å². The Hall–Kier alpha value is -3.02. The number of fused-ring (bicyclic) bond motifs is 1. The summed E-state index contributed by atoms with van der Waals surface area (Å²) >= 11 is 0. The zero-order chi connectivity index (χ0) is 16.4. The highest BCUT2D eigenvalue weighted by Crippen LogP contribution is 2.28. The second-order valence-corrected chi connectivity index (χ2v) is 5.64. The van der Waals surface area contributed by atoms with E-state index in [-0.39, 0.29) is 5.91 Å². The van der Waals surface area contributed by atoms with Gasteiger partial charge in [-0.05, 0) is 30.2 Å². The number of aromatic nitrogens is 3. The Bertz CT molecular complexity index is 860. The number of rotatable bonds is 4. The summed E-state index contributed by atoms with van der Waals surface area (Å²) in [5, 5.41) is 8.00. The lowest BCUT2D eigenvalue weighted by molar-refractivity contribution is -0.118. The third kappa shape index (κ3) is 2.78. The van der Waals surface area contributed by atoms with Crippen molar-refractivity contribution in [1.82, 2.24) is 15.2 Å². The van der Waals surface area contributed by atoms with Gasteiger partial charge >= 0.3 is 0 Å². The highest BCUT2D eigenvalue weighted by Gasteiger charge is 2.24. The molecule has 0 aliphatic carbocycles. The van der Waals surface area contributed by atoms with Crippen molar-refractivity contribution in [3.63, 3.8) is 0 Å². The quantitative estimate of drug-likeness (QED) is 0.739. The first-order chi connectivity index (χ1) is 11.8. The average molecular weight is 320 g/mol. The second-order valence-electron chi connectivity index (χ2n) is 5.64. The summed E-state index contributed by atoms with van der Waals surface area (Å²) in [6.07, 6.45) is 3.36. The number of amides is 1.